The third-order valence-electron chi connectivity index (χ3n) is 4.15. The van der Waals surface area contributed by atoms with Crippen LogP contribution in [0.15, 0.2) is 30.5 Å². The molecule has 0 aliphatic heterocycles. The summed E-state index contributed by atoms with van der Waals surface area (Å²) in [6.45, 7) is 4.39. The highest BCUT2D eigenvalue weighted by Crippen LogP contribution is 2.28. The monoisotopic (exact) mass is 387 g/mol. The van der Waals surface area contributed by atoms with Crippen molar-refractivity contribution in [2.45, 2.75) is 20.4 Å². The topological polar surface area (TPSA) is 125 Å². The van der Waals surface area contributed by atoms with E-state index in [4.69, 9.17) is 17.3 Å². The van der Waals surface area contributed by atoms with E-state index in [0.717, 1.165) is 11.1 Å². The molecule has 2 heterocycles. The van der Waals surface area contributed by atoms with Crippen LogP contribution in [0, 0.1) is 24.0 Å². The normalized spacial score (nSPS) is 10.8. The molecule has 3 aromatic rings. The minimum atomic E-state index is -0.456. The number of halogens is 1. The van der Waals surface area contributed by atoms with Gasteiger partial charge in [-0.05, 0) is 23.5 Å². The van der Waals surface area contributed by atoms with E-state index >= 15 is 0 Å². The Balaban J connectivity index is 1.79. The number of rotatable bonds is 6. The maximum atomic E-state index is 11.1. The number of aryl methyl sites for hydroxylation is 1. The molecule has 0 saturated heterocycles. The molecule has 0 radical (unpaired) electrons. The summed E-state index contributed by atoms with van der Waals surface area (Å²) < 4.78 is 1.53. The Labute approximate surface area is 160 Å². The first-order valence-electron chi connectivity index (χ1n) is 8.17. The Bertz CT molecular complexity index is 1000. The van der Waals surface area contributed by atoms with Crippen molar-refractivity contribution in [2.75, 3.05) is 17.6 Å². The number of hydrogen-bond donors (Lipinski definition) is 2. The molecule has 2 aromatic heterocycles. The second-order valence-electron chi connectivity index (χ2n) is 5.91. The van der Waals surface area contributed by atoms with Gasteiger partial charge in [0.15, 0.2) is 5.82 Å². The molecule has 0 spiro atoms. The fraction of sp³-hybridized carbons (Fsp3) is 0.235. The van der Waals surface area contributed by atoms with E-state index in [1.54, 1.807) is 13.0 Å². The largest absolute Gasteiger partial charge is 0.368 e. The van der Waals surface area contributed by atoms with Crippen molar-refractivity contribution in [1.82, 2.24) is 19.5 Å². The van der Waals surface area contributed by atoms with Crippen molar-refractivity contribution >= 4 is 29.2 Å². The second-order valence-corrected chi connectivity index (χ2v) is 6.32. The van der Waals surface area contributed by atoms with Gasteiger partial charge >= 0.3 is 5.82 Å². The summed E-state index contributed by atoms with van der Waals surface area (Å²) in [4.78, 5) is 23.0. The van der Waals surface area contributed by atoms with Crippen molar-refractivity contribution in [3.63, 3.8) is 0 Å². The number of nitrogens with two attached hydrogens (primary N) is 1. The fourth-order valence-corrected chi connectivity index (χ4v) is 2.93. The van der Waals surface area contributed by atoms with Crippen LogP contribution >= 0.6 is 11.6 Å². The van der Waals surface area contributed by atoms with Gasteiger partial charge in [-0.2, -0.15) is 4.98 Å². The lowest BCUT2D eigenvalue weighted by molar-refractivity contribution is -0.392. The summed E-state index contributed by atoms with van der Waals surface area (Å²) >= 11 is 6.19. The highest BCUT2D eigenvalue weighted by Gasteiger charge is 2.17. The predicted molar refractivity (Wildman–Crippen MR) is 104 cm³/mol. The molecule has 1 aromatic carbocycles. The van der Waals surface area contributed by atoms with Crippen LogP contribution < -0.4 is 11.1 Å². The number of nitrogens with zero attached hydrogens (tertiary/aromatic N) is 5. The highest BCUT2D eigenvalue weighted by molar-refractivity contribution is 6.31. The van der Waals surface area contributed by atoms with Crippen LogP contribution in [-0.2, 0) is 6.54 Å². The molecule has 27 heavy (non-hydrogen) atoms. The molecule has 3 N–H and O–H groups in total. The number of imidazole rings is 1. The van der Waals surface area contributed by atoms with Crippen LogP contribution in [0.5, 0.6) is 0 Å². The van der Waals surface area contributed by atoms with E-state index in [1.165, 1.54) is 10.8 Å². The Morgan fingerprint density at radius 3 is 2.85 bits per heavy atom. The summed E-state index contributed by atoms with van der Waals surface area (Å²) in [6, 6.07) is 7.33. The SMILES string of the molecule is Cc1c(Cl)cccc1-c1cc(NCCn2c([N+](=O)[O-])cnc2C)nc(N)n1. The zero-order chi connectivity index (χ0) is 19.6. The highest BCUT2D eigenvalue weighted by atomic mass is 35.5. The molecule has 9 nitrogen and oxygen atoms in total. The molecule has 140 valence electrons. The van der Waals surface area contributed by atoms with Gasteiger partial charge in [0.05, 0.1) is 12.2 Å². The van der Waals surface area contributed by atoms with E-state index in [-0.39, 0.29) is 11.8 Å². The number of hydrogen-bond acceptors (Lipinski definition) is 7. The summed E-state index contributed by atoms with van der Waals surface area (Å²) in [5.41, 5.74) is 8.25. The number of aromatic nitrogens is 4. The molecule has 0 amide bonds. The van der Waals surface area contributed by atoms with Crippen LogP contribution in [-0.4, -0.2) is 31.0 Å². The third-order valence-corrected chi connectivity index (χ3v) is 4.56. The summed E-state index contributed by atoms with van der Waals surface area (Å²) in [7, 11) is 0. The number of anilines is 2. The predicted octanol–water partition coefficient (Wildman–Crippen LogP) is 3.21. The van der Waals surface area contributed by atoms with Crippen LogP contribution in [0.4, 0.5) is 17.6 Å². The molecule has 0 bridgehead atoms. The minimum Gasteiger partial charge on any atom is -0.368 e. The maximum Gasteiger partial charge on any atom is 0.342 e. The Kier molecular flexibility index (Phi) is 5.22. The fourth-order valence-electron chi connectivity index (χ4n) is 2.75. The molecule has 0 aliphatic rings. The van der Waals surface area contributed by atoms with Gasteiger partial charge in [0.2, 0.25) is 5.95 Å². The van der Waals surface area contributed by atoms with E-state index in [9.17, 15) is 10.1 Å². The molecular weight excluding hydrogens is 370 g/mol. The Morgan fingerprint density at radius 1 is 1.33 bits per heavy atom. The van der Waals surface area contributed by atoms with Crippen LogP contribution in [0.25, 0.3) is 11.3 Å². The number of nitrogen functional groups attached to an aromatic ring is 1. The molecule has 0 saturated carbocycles. The zero-order valence-corrected chi connectivity index (χ0v) is 15.6. The van der Waals surface area contributed by atoms with Crippen molar-refractivity contribution in [2.24, 2.45) is 0 Å². The van der Waals surface area contributed by atoms with Gasteiger partial charge in [-0.3, -0.25) is 0 Å². The van der Waals surface area contributed by atoms with Gasteiger partial charge < -0.3 is 21.2 Å². The lowest BCUT2D eigenvalue weighted by Gasteiger charge is -2.11. The molecular formula is C17H18ClN7O2. The lowest BCUT2D eigenvalue weighted by atomic mass is 10.1. The van der Waals surface area contributed by atoms with Crippen molar-refractivity contribution in [1.29, 1.82) is 0 Å². The first kappa shape index (κ1) is 18.6. The van der Waals surface area contributed by atoms with E-state index in [2.05, 4.69) is 20.3 Å². The van der Waals surface area contributed by atoms with Crippen LogP contribution in [0.3, 0.4) is 0 Å². The first-order valence-corrected chi connectivity index (χ1v) is 8.55. The number of benzene rings is 1. The third kappa shape index (κ3) is 3.98. The maximum absolute atomic E-state index is 11.1. The molecule has 0 unspecified atom stereocenters. The van der Waals surface area contributed by atoms with Crippen LogP contribution in [0.2, 0.25) is 5.02 Å². The van der Waals surface area contributed by atoms with Gasteiger partial charge in [0.25, 0.3) is 0 Å². The average Bonchev–Trinajstić information content (AvgIpc) is 2.98. The lowest BCUT2D eigenvalue weighted by Crippen LogP contribution is -2.14. The average molecular weight is 388 g/mol. The van der Waals surface area contributed by atoms with Gasteiger partial charge in [-0.15, -0.1) is 0 Å². The Morgan fingerprint density at radius 2 is 2.11 bits per heavy atom. The van der Waals surface area contributed by atoms with Crippen LogP contribution in [0.1, 0.15) is 11.4 Å². The molecule has 0 fully saturated rings. The number of nitro groups is 1. The van der Waals surface area contributed by atoms with Gasteiger partial charge in [-0.25, -0.2) is 14.5 Å². The van der Waals surface area contributed by atoms with Crippen molar-refractivity contribution in [3.05, 3.63) is 57.0 Å². The molecule has 0 aliphatic carbocycles. The molecule has 0 atom stereocenters. The van der Waals surface area contributed by atoms with Crippen molar-refractivity contribution in [3.8, 4) is 11.3 Å². The number of nitrogens with one attached hydrogen (secondary N) is 1. The van der Waals surface area contributed by atoms with E-state index in [1.807, 2.05) is 25.1 Å². The zero-order valence-electron chi connectivity index (χ0n) is 14.8. The van der Waals surface area contributed by atoms with Gasteiger partial charge in [0, 0.05) is 23.6 Å². The molecule has 3 rings (SSSR count). The first-order chi connectivity index (χ1) is 12.9. The van der Waals surface area contributed by atoms with E-state index < -0.39 is 4.92 Å². The molecule has 10 heteroatoms. The summed E-state index contributed by atoms with van der Waals surface area (Å²) in [6.07, 6.45) is 1.25. The Hall–Kier alpha value is -3.20. The summed E-state index contributed by atoms with van der Waals surface area (Å²) in [5, 5.41) is 14.8. The summed E-state index contributed by atoms with van der Waals surface area (Å²) in [5.74, 6) is 1.17. The quantitative estimate of drug-likeness (QED) is 0.491. The smallest absolute Gasteiger partial charge is 0.342 e. The van der Waals surface area contributed by atoms with Gasteiger partial charge in [0.1, 0.15) is 18.6 Å². The van der Waals surface area contributed by atoms with E-state index in [0.29, 0.717) is 35.4 Å². The van der Waals surface area contributed by atoms with Crippen molar-refractivity contribution < 1.29 is 4.92 Å². The minimum absolute atomic E-state index is 0.0493. The van der Waals surface area contributed by atoms with Gasteiger partial charge in [-0.1, -0.05) is 23.7 Å². The standard InChI is InChI=1S/C17H18ClN7O2/c1-10-12(4-3-5-13(10)18)14-8-15(23-17(19)22-14)20-6-7-24-11(2)21-9-16(24)25(26)27/h3-5,8-9H,6-7H2,1-2H3,(H3,19,20,22,23). The second kappa shape index (κ2) is 7.58.